The first-order chi connectivity index (χ1) is 13.4. The summed E-state index contributed by atoms with van der Waals surface area (Å²) in [5.74, 6) is -1.14. The van der Waals surface area contributed by atoms with Crippen molar-refractivity contribution in [2.45, 2.75) is 13.2 Å². The van der Waals surface area contributed by atoms with Crippen molar-refractivity contribution in [1.82, 2.24) is 10.6 Å². The summed E-state index contributed by atoms with van der Waals surface area (Å²) in [5, 5.41) is 4.38. The van der Waals surface area contributed by atoms with Crippen molar-refractivity contribution in [2.75, 3.05) is 6.61 Å². The average Bonchev–Trinajstić information content (AvgIpc) is 3.17. The number of imide groups is 1. The Morgan fingerprint density at radius 3 is 2.54 bits per heavy atom. The maximum atomic E-state index is 12.1. The number of halogens is 2. The van der Waals surface area contributed by atoms with Crippen molar-refractivity contribution in [3.8, 4) is 5.75 Å². The minimum Gasteiger partial charge on any atom is -0.467 e. The average molecular weight is 394 g/mol. The molecule has 10 heteroatoms. The van der Waals surface area contributed by atoms with E-state index in [1.54, 1.807) is 12.1 Å². The molecule has 0 saturated carbocycles. The summed E-state index contributed by atoms with van der Waals surface area (Å²) >= 11 is 0. The molecule has 0 spiro atoms. The van der Waals surface area contributed by atoms with Crippen LogP contribution in [0.25, 0.3) is 6.08 Å². The molecule has 2 N–H and O–H groups in total. The Hall–Kier alpha value is -3.69. The molecule has 3 amide bonds. The smallest absolute Gasteiger partial charge is 0.387 e. The van der Waals surface area contributed by atoms with Gasteiger partial charge in [-0.15, -0.1) is 0 Å². The minimum atomic E-state index is -2.92. The van der Waals surface area contributed by atoms with Crippen molar-refractivity contribution in [2.24, 2.45) is 0 Å². The Bertz CT molecular complexity index is 819. The monoisotopic (exact) mass is 394 g/mol. The summed E-state index contributed by atoms with van der Waals surface area (Å²) in [6.07, 6.45) is 3.86. The number of esters is 1. The molecule has 0 unspecified atom stereocenters. The summed E-state index contributed by atoms with van der Waals surface area (Å²) in [7, 11) is 0. The summed E-state index contributed by atoms with van der Waals surface area (Å²) in [6.45, 7) is -3.48. The Morgan fingerprint density at radius 2 is 1.89 bits per heavy atom. The largest absolute Gasteiger partial charge is 0.467 e. The van der Waals surface area contributed by atoms with E-state index in [9.17, 15) is 23.2 Å². The van der Waals surface area contributed by atoms with Crippen LogP contribution >= 0.6 is 0 Å². The SMILES string of the molecule is O=C(COC(=O)/C=C/c1ccc(OC(F)F)cc1)NC(=O)NCc1ccco1. The van der Waals surface area contributed by atoms with Crippen LogP contribution in [0, 0.1) is 0 Å². The van der Waals surface area contributed by atoms with Gasteiger partial charge in [0, 0.05) is 6.08 Å². The van der Waals surface area contributed by atoms with E-state index in [4.69, 9.17) is 9.15 Å². The second-order valence-corrected chi connectivity index (χ2v) is 5.20. The molecule has 1 aromatic heterocycles. The van der Waals surface area contributed by atoms with Crippen LogP contribution in [0.5, 0.6) is 5.75 Å². The molecule has 0 aliphatic heterocycles. The normalized spacial score (nSPS) is 10.7. The highest BCUT2D eigenvalue weighted by Crippen LogP contribution is 2.15. The Balaban J connectivity index is 1.68. The molecule has 28 heavy (non-hydrogen) atoms. The summed E-state index contributed by atoms with van der Waals surface area (Å²) in [4.78, 5) is 34.6. The van der Waals surface area contributed by atoms with Gasteiger partial charge in [0.2, 0.25) is 0 Å². The summed E-state index contributed by atoms with van der Waals surface area (Å²) in [5.41, 5.74) is 0.528. The first kappa shape index (κ1) is 20.6. The van der Waals surface area contributed by atoms with E-state index < -0.39 is 31.1 Å². The molecule has 8 nitrogen and oxygen atoms in total. The van der Waals surface area contributed by atoms with Gasteiger partial charge in [0.15, 0.2) is 6.61 Å². The second kappa shape index (κ2) is 10.5. The quantitative estimate of drug-likeness (QED) is 0.526. The van der Waals surface area contributed by atoms with Gasteiger partial charge in [-0.25, -0.2) is 9.59 Å². The lowest BCUT2D eigenvalue weighted by atomic mass is 10.2. The molecule has 0 fully saturated rings. The van der Waals surface area contributed by atoms with Crippen LogP contribution in [-0.4, -0.2) is 31.1 Å². The molecule has 0 aliphatic rings. The first-order valence-corrected chi connectivity index (χ1v) is 7.92. The molecule has 148 valence electrons. The predicted octanol–water partition coefficient (Wildman–Crippen LogP) is 2.46. The molecule has 0 radical (unpaired) electrons. The molecule has 1 heterocycles. The highest BCUT2D eigenvalue weighted by Gasteiger charge is 2.10. The fourth-order valence-corrected chi connectivity index (χ4v) is 1.90. The number of carbonyl (C=O) groups excluding carboxylic acids is 3. The lowest BCUT2D eigenvalue weighted by Crippen LogP contribution is -2.41. The number of urea groups is 1. The summed E-state index contributed by atoms with van der Waals surface area (Å²) < 4.78 is 38.0. The molecule has 0 atom stereocenters. The molecular weight excluding hydrogens is 378 g/mol. The van der Waals surface area contributed by atoms with Crippen LogP contribution in [0.15, 0.2) is 53.2 Å². The fourth-order valence-electron chi connectivity index (χ4n) is 1.90. The lowest BCUT2D eigenvalue weighted by Gasteiger charge is -2.05. The van der Waals surface area contributed by atoms with Gasteiger partial charge in [0.25, 0.3) is 5.91 Å². The Labute approximate surface area is 158 Å². The van der Waals surface area contributed by atoms with Crippen LogP contribution in [0.2, 0.25) is 0 Å². The van der Waals surface area contributed by atoms with E-state index in [0.717, 1.165) is 6.08 Å². The first-order valence-electron chi connectivity index (χ1n) is 7.92. The van der Waals surface area contributed by atoms with Gasteiger partial charge in [0.05, 0.1) is 12.8 Å². The molecule has 0 bridgehead atoms. The van der Waals surface area contributed by atoms with Gasteiger partial charge in [-0.2, -0.15) is 8.78 Å². The zero-order valence-corrected chi connectivity index (χ0v) is 14.4. The number of hydrogen-bond donors (Lipinski definition) is 2. The number of hydrogen-bond acceptors (Lipinski definition) is 6. The molecular formula is C18H16F2N2O6. The highest BCUT2D eigenvalue weighted by atomic mass is 19.3. The van der Waals surface area contributed by atoms with Crippen molar-refractivity contribution in [3.05, 3.63) is 60.1 Å². The van der Waals surface area contributed by atoms with Gasteiger partial charge in [-0.05, 0) is 35.9 Å². The van der Waals surface area contributed by atoms with E-state index >= 15 is 0 Å². The van der Waals surface area contributed by atoms with E-state index in [2.05, 4.69) is 10.1 Å². The number of alkyl halides is 2. The molecule has 1 aromatic carbocycles. The van der Waals surface area contributed by atoms with Crippen molar-refractivity contribution in [1.29, 1.82) is 0 Å². The van der Waals surface area contributed by atoms with Crippen LogP contribution < -0.4 is 15.4 Å². The molecule has 0 saturated heterocycles. The van der Waals surface area contributed by atoms with Crippen molar-refractivity contribution < 1.29 is 37.1 Å². The molecule has 0 aliphatic carbocycles. The maximum absolute atomic E-state index is 12.1. The van der Waals surface area contributed by atoms with Crippen LogP contribution in [0.1, 0.15) is 11.3 Å². The van der Waals surface area contributed by atoms with Gasteiger partial charge in [-0.3, -0.25) is 10.1 Å². The lowest BCUT2D eigenvalue weighted by molar-refractivity contribution is -0.143. The van der Waals surface area contributed by atoms with Gasteiger partial charge in [-0.1, -0.05) is 12.1 Å². The van der Waals surface area contributed by atoms with Crippen LogP contribution in [-0.2, 0) is 20.9 Å². The van der Waals surface area contributed by atoms with Gasteiger partial charge < -0.3 is 19.2 Å². The number of amides is 3. The number of ether oxygens (including phenoxy) is 2. The fraction of sp³-hybridized carbons (Fsp3) is 0.167. The topological polar surface area (TPSA) is 107 Å². The Kier molecular flexibility index (Phi) is 7.70. The number of benzene rings is 1. The maximum Gasteiger partial charge on any atom is 0.387 e. The third kappa shape index (κ3) is 7.68. The zero-order valence-electron chi connectivity index (χ0n) is 14.4. The van der Waals surface area contributed by atoms with E-state index in [1.807, 2.05) is 5.32 Å². The van der Waals surface area contributed by atoms with E-state index in [-0.39, 0.29) is 12.3 Å². The number of carbonyl (C=O) groups is 3. The van der Waals surface area contributed by atoms with Gasteiger partial charge >= 0.3 is 18.6 Å². The Morgan fingerprint density at radius 1 is 1.14 bits per heavy atom. The van der Waals surface area contributed by atoms with Crippen molar-refractivity contribution >= 4 is 24.0 Å². The zero-order chi connectivity index (χ0) is 20.4. The van der Waals surface area contributed by atoms with E-state index in [0.29, 0.717) is 11.3 Å². The van der Waals surface area contributed by atoms with E-state index in [1.165, 1.54) is 36.6 Å². The molecule has 2 aromatic rings. The van der Waals surface area contributed by atoms with Crippen molar-refractivity contribution in [3.63, 3.8) is 0 Å². The third-order valence-corrected chi connectivity index (χ3v) is 3.12. The standard InChI is InChI=1S/C18H16F2N2O6/c19-17(20)28-13-6-3-12(4-7-13)5-8-16(24)27-11-15(23)22-18(25)21-10-14-2-1-9-26-14/h1-9,17H,10-11H2,(H2,21,22,23,25)/b8-5+. The number of rotatable bonds is 8. The van der Waals surface area contributed by atoms with Gasteiger partial charge in [0.1, 0.15) is 11.5 Å². The minimum absolute atomic E-state index is 0.0169. The number of nitrogens with one attached hydrogen (secondary N) is 2. The molecule has 2 rings (SSSR count). The summed E-state index contributed by atoms with van der Waals surface area (Å²) in [6, 6.07) is 8.07. The third-order valence-electron chi connectivity index (χ3n) is 3.12. The second-order valence-electron chi connectivity index (χ2n) is 5.20. The van der Waals surface area contributed by atoms with Crippen LogP contribution in [0.4, 0.5) is 13.6 Å². The predicted molar refractivity (Wildman–Crippen MR) is 92.2 cm³/mol. The highest BCUT2D eigenvalue weighted by molar-refractivity contribution is 5.96. The number of furan rings is 1. The van der Waals surface area contributed by atoms with Crippen LogP contribution in [0.3, 0.4) is 0 Å².